The van der Waals surface area contributed by atoms with Gasteiger partial charge in [-0.1, -0.05) is 36.3 Å². The molecule has 0 saturated carbocycles. The van der Waals surface area contributed by atoms with Crippen molar-refractivity contribution in [1.29, 1.82) is 0 Å². The molecule has 0 radical (unpaired) electrons. The summed E-state index contributed by atoms with van der Waals surface area (Å²) < 4.78 is 0. The first-order valence-corrected chi connectivity index (χ1v) is 4.50. The molecule has 1 aromatic carbocycles. The number of terminal acetylenes is 1. The maximum Gasteiger partial charge on any atom is 0.154 e. The van der Waals surface area contributed by atoms with Crippen LogP contribution >= 0.6 is 0 Å². The van der Waals surface area contributed by atoms with Gasteiger partial charge in [0.25, 0.3) is 0 Å². The van der Waals surface area contributed by atoms with E-state index in [1.54, 1.807) is 0 Å². The molecule has 0 heterocycles. The molecule has 0 saturated heterocycles. The molecular weight excluding hydrogens is 176 g/mol. The Hall–Kier alpha value is -1.30. The zero-order valence-electron chi connectivity index (χ0n) is 8.14. The molecule has 0 amide bonds. The van der Waals surface area contributed by atoms with Crippen molar-refractivity contribution in [2.45, 2.75) is 25.0 Å². The van der Waals surface area contributed by atoms with E-state index < -0.39 is 11.7 Å². The largest absolute Gasteiger partial charge is 0.389 e. The average Bonchev–Trinajstić information content (AvgIpc) is 2.19. The molecule has 0 aliphatic rings. The van der Waals surface area contributed by atoms with Gasteiger partial charge in [-0.05, 0) is 12.5 Å². The van der Waals surface area contributed by atoms with E-state index in [4.69, 9.17) is 6.42 Å². The molecule has 2 heteroatoms. The summed E-state index contributed by atoms with van der Waals surface area (Å²) in [5, 5.41) is 19.2. The van der Waals surface area contributed by atoms with Gasteiger partial charge < -0.3 is 10.2 Å². The molecule has 2 nitrogen and oxygen atoms in total. The Morgan fingerprint density at radius 2 is 2.00 bits per heavy atom. The second kappa shape index (κ2) is 4.28. The van der Waals surface area contributed by atoms with Gasteiger partial charge in [-0.15, -0.1) is 6.42 Å². The van der Waals surface area contributed by atoms with Crippen molar-refractivity contribution >= 4 is 0 Å². The molecule has 2 atom stereocenters. The van der Waals surface area contributed by atoms with Crippen molar-refractivity contribution in [2.75, 3.05) is 0 Å². The van der Waals surface area contributed by atoms with Crippen LogP contribution in [0.25, 0.3) is 0 Å². The maximum atomic E-state index is 9.86. The highest BCUT2D eigenvalue weighted by Gasteiger charge is 2.30. The minimum atomic E-state index is -1.47. The van der Waals surface area contributed by atoms with Gasteiger partial charge in [0.15, 0.2) is 5.60 Å². The highest BCUT2D eigenvalue weighted by Crippen LogP contribution is 2.16. The molecule has 14 heavy (non-hydrogen) atoms. The summed E-state index contributed by atoms with van der Waals surface area (Å²) >= 11 is 0. The Bertz CT molecular complexity index is 324. The molecule has 1 rings (SSSR count). The topological polar surface area (TPSA) is 40.5 Å². The van der Waals surface area contributed by atoms with E-state index in [0.717, 1.165) is 5.56 Å². The van der Waals surface area contributed by atoms with Gasteiger partial charge in [-0.2, -0.15) is 0 Å². The molecular formula is C12H14O2. The van der Waals surface area contributed by atoms with Crippen molar-refractivity contribution < 1.29 is 10.2 Å². The second-order valence-corrected chi connectivity index (χ2v) is 3.41. The van der Waals surface area contributed by atoms with Crippen LogP contribution < -0.4 is 0 Å². The molecule has 0 aliphatic carbocycles. The standard InChI is InChI=1S/C12H14O2/c1-3-12(14,10(2)13)9-11-7-5-4-6-8-11/h1,4-8,10,13-14H,9H2,2H3. The number of hydrogen-bond acceptors (Lipinski definition) is 2. The summed E-state index contributed by atoms with van der Waals surface area (Å²) in [5.41, 5.74) is -0.560. The fourth-order valence-electron chi connectivity index (χ4n) is 1.23. The van der Waals surface area contributed by atoms with E-state index in [1.165, 1.54) is 6.92 Å². The minimum absolute atomic E-state index is 0.266. The molecule has 0 bridgehead atoms. The Labute approximate surface area is 84.2 Å². The Kier molecular flexibility index (Phi) is 3.29. The third kappa shape index (κ3) is 2.35. The van der Waals surface area contributed by atoms with Crippen LogP contribution in [0.5, 0.6) is 0 Å². The quantitative estimate of drug-likeness (QED) is 0.697. The lowest BCUT2D eigenvalue weighted by Gasteiger charge is -2.25. The Morgan fingerprint density at radius 3 is 2.43 bits per heavy atom. The third-order valence-corrected chi connectivity index (χ3v) is 2.26. The van der Waals surface area contributed by atoms with Crippen LogP contribution in [0.1, 0.15) is 12.5 Å². The van der Waals surface area contributed by atoms with E-state index in [9.17, 15) is 10.2 Å². The fourth-order valence-corrected chi connectivity index (χ4v) is 1.23. The monoisotopic (exact) mass is 190 g/mol. The highest BCUT2D eigenvalue weighted by molar-refractivity contribution is 5.23. The smallest absolute Gasteiger partial charge is 0.154 e. The number of aliphatic hydroxyl groups is 2. The maximum absolute atomic E-state index is 9.86. The van der Waals surface area contributed by atoms with Gasteiger partial charge in [0.2, 0.25) is 0 Å². The van der Waals surface area contributed by atoms with Crippen LogP contribution in [0.15, 0.2) is 30.3 Å². The first-order valence-electron chi connectivity index (χ1n) is 4.50. The highest BCUT2D eigenvalue weighted by atomic mass is 16.3. The predicted octanol–water partition coefficient (Wildman–Crippen LogP) is 0.974. The molecule has 1 aromatic rings. The van der Waals surface area contributed by atoms with E-state index in [0.29, 0.717) is 0 Å². The summed E-state index contributed by atoms with van der Waals surface area (Å²) in [6, 6.07) is 9.36. The molecule has 0 aromatic heterocycles. The molecule has 0 aliphatic heterocycles. The van der Waals surface area contributed by atoms with Gasteiger partial charge in [0, 0.05) is 6.42 Å². The van der Waals surface area contributed by atoms with E-state index >= 15 is 0 Å². The van der Waals surface area contributed by atoms with Crippen molar-refractivity contribution in [1.82, 2.24) is 0 Å². The zero-order chi connectivity index (χ0) is 10.6. The number of rotatable bonds is 3. The Balaban J connectivity index is 2.83. The minimum Gasteiger partial charge on any atom is -0.389 e. The van der Waals surface area contributed by atoms with Gasteiger partial charge >= 0.3 is 0 Å². The van der Waals surface area contributed by atoms with Gasteiger partial charge in [0.05, 0.1) is 6.10 Å². The van der Waals surface area contributed by atoms with Crippen LogP contribution in [0.2, 0.25) is 0 Å². The van der Waals surface area contributed by atoms with Crippen LogP contribution in [0, 0.1) is 12.3 Å². The number of hydrogen-bond donors (Lipinski definition) is 2. The summed E-state index contributed by atoms with van der Waals surface area (Å²) in [6.45, 7) is 1.49. The van der Waals surface area contributed by atoms with Crippen molar-refractivity contribution in [3.8, 4) is 12.3 Å². The number of aliphatic hydroxyl groups excluding tert-OH is 1. The van der Waals surface area contributed by atoms with Crippen molar-refractivity contribution in [3.05, 3.63) is 35.9 Å². The molecule has 74 valence electrons. The first kappa shape index (κ1) is 10.8. The fraction of sp³-hybridized carbons (Fsp3) is 0.333. The zero-order valence-corrected chi connectivity index (χ0v) is 8.14. The predicted molar refractivity (Wildman–Crippen MR) is 55.6 cm³/mol. The average molecular weight is 190 g/mol. The van der Waals surface area contributed by atoms with Crippen LogP contribution in [-0.2, 0) is 6.42 Å². The summed E-state index contributed by atoms with van der Waals surface area (Å²) in [4.78, 5) is 0. The van der Waals surface area contributed by atoms with E-state index in [-0.39, 0.29) is 6.42 Å². The SMILES string of the molecule is C#CC(O)(Cc1ccccc1)C(C)O. The Morgan fingerprint density at radius 1 is 1.43 bits per heavy atom. The third-order valence-electron chi connectivity index (χ3n) is 2.26. The lowest BCUT2D eigenvalue weighted by Crippen LogP contribution is -2.41. The molecule has 2 unspecified atom stereocenters. The van der Waals surface area contributed by atoms with Crippen molar-refractivity contribution in [2.24, 2.45) is 0 Å². The number of benzene rings is 1. The van der Waals surface area contributed by atoms with E-state index in [1.807, 2.05) is 30.3 Å². The van der Waals surface area contributed by atoms with E-state index in [2.05, 4.69) is 5.92 Å². The summed E-state index contributed by atoms with van der Waals surface area (Å²) in [6.07, 6.45) is 4.52. The molecule has 0 spiro atoms. The van der Waals surface area contributed by atoms with Gasteiger partial charge in [-0.25, -0.2) is 0 Å². The van der Waals surface area contributed by atoms with Crippen LogP contribution in [0.4, 0.5) is 0 Å². The van der Waals surface area contributed by atoms with Crippen molar-refractivity contribution in [3.63, 3.8) is 0 Å². The lowest BCUT2D eigenvalue weighted by atomic mass is 9.91. The normalized spacial score (nSPS) is 16.7. The summed E-state index contributed by atoms with van der Waals surface area (Å²) in [7, 11) is 0. The summed E-state index contributed by atoms with van der Waals surface area (Å²) in [5.74, 6) is 2.23. The van der Waals surface area contributed by atoms with Crippen LogP contribution in [0.3, 0.4) is 0 Å². The molecule has 0 fully saturated rings. The lowest BCUT2D eigenvalue weighted by molar-refractivity contribution is -0.0210. The second-order valence-electron chi connectivity index (χ2n) is 3.41. The van der Waals surface area contributed by atoms with Gasteiger partial charge in [-0.3, -0.25) is 0 Å². The molecule has 2 N–H and O–H groups in total. The first-order chi connectivity index (χ1) is 6.58. The van der Waals surface area contributed by atoms with Gasteiger partial charge in [0.1, 0.15) is 0 Å². The van der Waals surface area contributed by atoms with Crippen LogP contribution in [-0.4, -0.2) is 21.9 Å².